The number of hydrogen-bond acceptors (Lipinski definition) is 3. The molecule has 0 spiro atoms. The molecule has 0 aliphatic carbocycles. The molecule has 0 atom stereocenters. The highest BCUT2D eigenvalue weighted by atomic mass is 16.5. The summed E-state index contributed by atoms with van der Waals surface area (Å²) in [4.78, 5) is 13.8. The Morgan fingerprint density at radius 2 is 2.08 bits per heavy atom. The molecule has 1 aliphatic rings. The monoisotopic (exact) mass is 347 g/mol. The van der Waals surface area contributed by atoms with Crippen LogP contribution in [-0.2, 0) is 4.79 Å². The van der Waals surface area contributed by atoms with E-state index in [1.54, 1.807) is 12.0 Å². The standard InChI is InChI=1S/C20H30N2O3/c1-4-6-16-7-8-18(19(14-16)24-3)25-15-20(23)21-17-9-12-22(11-5-2)13-10-17/h4,6-8,14,17H,5,9-13,15H2,1-3H3,(H,21,23)/p+1/b6-4+. The summed E-state index contributed by atoms with van der Waals surface area (Å²) in [5.74, 6) is 1.16. The summed E-state index contributed by atoms with van der Waals surface area (Å²) in [5, 5.41) is 3.09. The molecule has 0 bridgehead atoms. The fourth-order valence-electron chi connectivity index (χ4n) is 3.29. The number of likely N-dealkylation sites (tertiary alicyclic amines) is 1. The summed E-state index contributed by atoms with van der Waals surface area (Å²) in [5.41, 5.74) is 1.04. The first kappa shape index (κ1) is 19.3. The Balaban J connectivity index is 1.80. The molecule has 1 aromatic rings. The second kappa shape index (κ2) is 10.1. The second-order valence-electron chi connectivity index (χ2n) is 6.54. The van der Waals surface area contributed by atoms with E-state index in [0.29, 0.717) is 11.5 Å². The van der Waals surface area contributed by atoms with E-state index in [4.69, 9.17) is 9.47 Å². The molecule has 1 amide bonds. The van der Waals surface area contributed by atoms with Gasteiger partial charge in [0.05, 0.1) is 26.7 Å². The Kier molecular flexibility index (Phi) is 7.79. The number of ether oxygens (including phenoxy) is 2. The van der Waals surface area contributed by atoms with E-state index in [9.17, 15) is 4.79 Å². The Hall–Kier alpha value is -2.01. The lowest BCUT2D eigenvalue weighted by Gasteiger charge is -2.29. The van der Waals surface area contributed by atoms with E-state index in [-0.39, 0.29) is 18.6 Å². The van der Waals surface area contributed by atoms with Crippen molar-refractivity contribution in [3.8, 4) is 11.5 Å². The minimum absolute atomic E-state index is 0.0152. The van der Waals surface area contributed by atoms with Crippen LogP contribution < -0.4 is 19.7 Å². The predicted octanol–water partition coefficient (Wildman–Crippen LogP) is 1.68. The number of allylic oxidation sites excluding steroid dienone is 1. The Bertz CT molecular complexity index is 578. The van der Waals surface area contributed by atoms with Gasteiger partial charge in [-0.3, -0.25) is 4.79 Å². The summed E-state index contributed by atoms with van der Waals surface area (Å²) in [6.45, 7) is 7.71. The van der Waals surface area contributed by atoms with Crippen molar-refractivity contribution in [2.75, 3.05) is 33.4 Å². The first-order valence-electron chi connectivity index (χ1n) is 9.22. The van der Waals surface area contributed by atoms with E-state index in [0.717, 1.165) is 31.5 Å². The van der Waals surface area contributed by atoms with Crippen LogP contribution in [0.3, 0.4) is 0 Å². The smallest absolute Gasteiger partial charge is 0.258 e. The van der Waals surface area contributed by atoms with Gasteiger partial charge < -0.3 is 19.7 Å². The summed E-state index contributed by atoms with van der Waals surface area (Å²) >= 11 is 0. The molecule has 1 fully saturated rings. The number of amides is 1. The molecule has 1 heterocycles. The maximum absolute atomic E-state index is 12.2. The van der Waals surface area contributed by atoms with Gasteiger partial charge in [0.2, 0.25) is 0 Å². The van der Waals surface area contributed by atoms with Crippen molar-refractivity contribution in [3.05, 3.63) is 29.8 Å². The molecule has 1 aliphatic heterocycles. The third-order valence-corrected chi connectivity index (χ3v) is 4.57. The molecule has 1 saturated heterocycles. The van der Waals surface area contributed by atoms with Crippen LogP contribution in [0.1, 0.15) is 38.7 Å². The maximum Gasteiger partial charge on any atom is 0.258 e. The van der Waals surface area contributed by atoms with Gasteiger partial charge in [-0.15, -0.1) is 0 Å². The molecule has 5 nitrogen and oxygen atoms in total. The normalized spacial score (nSPS) is 20.4. The van der Waals surface area contributed by atoms with Crippen molar-refractivity contribution >= 4 is 12.0 Å². The average molecular weight is 347 g/mol. The SMILES string of the molecule is C/C=C/c1ccc(OCC(=O)NC2CC[NH+](CCC)CC2)c(OC)c1. The number of nitrogens with one attached hydrogen (secondary N) is 2. The highest BCUT2D eigenvalue weighted by molar-refractivity contribution is 5.78. The molecule has 0 saturated carbocycles. The van der Waals surface area contributed by atoms with Crippen LogP contribution in [0.4, 0.5) is 0 Å². The summed E-state index contributed by atoms with van der Waals surface area (Å²) in [7, 11) is 1.61. The zero-order valence-electron chi connectivity index (χ0n) is 15.6. The summed E-state index contributed by atoms with van der Waals surface area (Å²) < 4.78 is 11.0. The molecule has 0 aromatic heterocycles. The van der Waals surface area contributed by atoms with E-state index >= 15 is 0 Å². The lowest BCUT2D eigenvalue weighted by Crippen LogP contribution is -3.13. The van der Waals surface area contributed by atoms with Crippen LogP contribution >= 0.6 is 0 Å². The molecule has 1 aromatic carbocycles. The van der Waals surface area contributed by atoms with Crippen LogP contribution in [0.25, 0.3) is 6.08 Å². The van der Waals surface area contributed by atoms with Crippen LogP contribution in [0.15, 0.2) is 24.3 Å². The van der Waals surface area contributed by atoms with Gasteiger partial charge in [-0.05, 0) is 31.0 Å². The molecule has 138 valence electrons. The van der Waals surface area contributed by atoms with Crippen molar-refractivity contribution in [1.82, 2.24) is 5.32 Å². The Morgan fingerprint density at radius 3 is 2.72 bits per heavy atom. The number of methoxy groups -OCH3 is 1. The summed E-state index contributed by atoms with van der Waals surface area (Å²) in [6.07, 6.45) is 7.27. The van der Waals surface area contributed by atoms with E-state index in [1.807, 2.05) is 37.3 Å². The van der Waals surface area contributed by atoms with Crippen LogP contribution in [0.2, 0.25) is 0 Å². The van der Waals surface area contributed by atoms with Gasteiger partial charge >= 0.3 is 0 Å². The van der Waals surface area contributed by atoms with Crippen molar-refractivity contribution in [2.24, 2.45) is 0 Å². The fraction of sp³-hybridized carbons (Fsp3) is 0.550. The number of hydrogen-bond donors (Lipinski definition) is 2. The maximum atomic E-state index is 12.2. The third-order valence-electron chi connectivity index (χ3n) is 4.57. The zero-order valence-corrected chi connectivity index (χ0v) is 15.6. The third kappa shape index (κ3) is 6.09. The molecule has 0 unspecified atom stereocenters. The average Bonchev–Trinajstić information content (AvgIpc) is 2.62. The number of rotatable bonds is 8. The minimum Gasteiger partial charge on any atom is -0.493 e. The van der Waals surface area contributed by atoms with Gasteiger partial charge in [0.15, 0.2) is 18.1 Å². The Morgan fingerprint density at radius 1 is 1.32 bits per heavy atom. The van der Waals surface area contributed by atoms with Gasteiger partial charge in [-0.2, -0.15) is 0 Å². The molecular formula is C20H31N2O3+. The van der Waals surface area contributed by atoms with E-state index in [2.05, 4.69) is 12.2 Å². The van der Waals surface area contributed by atoms with Crippen molar-refractivity contribution in [2.45, 2.75) is 39.2 Å². The highest BCUT2D eigenvalue weighted by Crippen LogP contribution is 2.28. The largest absolute Gasteiger partial charge is 0.493 e. The highest BCUT2D eigenvalue weighted by Gasteiger charge is 2.22. The van der Waals surface area contributed by atoms with Gasteiger partial charge in [0.25, 0.3) is 5.91 Å². The quantitative estimate of drug-likeness (QED) is 0.752. The number of carbonyl (C=O) groups excluding carboxylic acids is 1. The summed E-state index contributed by atoms with van der Waals surface area (Å²) in [6, 6.07) is 5.96. The van der Waals surface area contributed by atoms with Gasteiger partial charge in [0, 0.05) is 18.9 Å². The van der Waals surface area contributed by atoms with E-state index < -0.39 is 0 Å². The second-order valence-corrected chi connectivity index (χ2v) is 6.54. The first-order valence-corrected chi connectivity index (χ1v) is 9.22. The molecule has 5 heteroatoms. The van der Waals surface area contributed by atoms with Gasteiger partial charge in [-0.1, -0.05) is 25.1 Å². The van der Waals surface area contributed by atoms with Crippen LogP contribution in [0.5, 0.6) is 11.5 Å². The lowest BCUT2D eigenvalue weighted by atomic mass is 10.0. The molecule has 2 N–H and O–H groups in total. The molecule has 2 rings (SSSR count). The van der Waals surface area contributed by atoms with Crippen molar-refractivity contribution in [3.63, 3.8) is 0 Å². The van der Waals surface area contributed by atoms with Gasteiger partial charge in [0.1, 0.15) is 0 Å². The molecule has 0 radical (unpaired) electrons. The number of benzene rings is 1. The number of piperidine rings is 1. The van der Waals surface area contributed by atoms with Crippen LogP contribution in [-0.4, -0.2) is 45.3 Å². The van der Waals surface area contributed by atoms with Crippen molar-refractivity contribution in [1.29, 1.82) is 0 Å². The predicted molar refractivity (Wildman–Crippen MR) is 100 cm³/mol. The van der Waals surface area contributed by atoms with Crippen molar-refractivity contribution < 1.29 is 19.2 Å². The lowest BCUT2D eigenvalue weighted by molar-refractivity contribution is -0.905. The Labute approximate surface area is 151 Å². The topological polar surface area (TPSA) is 52.0 Å². The zero-order chi connectivity index (χ0) is 18.1. The number of carbonyl (C=O) groups is 1. The van der Waals surface area contributed by atoms with Crippen LogP contribution in [0, 0.1) is 0 Å². The molecule has 25 heavy (non-hydrogen) atoms. The number of quaternary nitrogens is 1. The molecular weight excluding hydrogens is 316 g/mol. The van der Waals surface area contributed by atoms with E-state index in [1.165, 1.54) is 13.0 Å². The minimum atomic E-state index is -0.0662. The first-order chi connectivity index (χ1) is 12.2. The van der Waals surface area contributed by atoms with Gasteiger partial charge in [-0.25, -0.2) is 0 Å². The fourth-order valence-corrected chi connectivity index (χ4v) is 3.29.